The maximum absolute atomic E-state index is 10.8. The maximum atomic E-state index is 10.8. The summed E-state index contributed by atoms with van der Waals surface area (Å²) in [4.78, 5) is 8.75. The molecule has 6 heteroatoms. The molecule has 2 aromatic carbocycles. The summed E-state index contributed by atoms with van der Waals surface area (Å²) in [6.45, 7) is 8.19. The van der Waals surface area contributed by atoms with E-state index in [1.807, 2.05) is 44.2 Å². The van der Waals surface area contributed by atoms with Crippen LogP contribution in [0.15, 0.2) is 48.9 Å². The highest BCUT2D eigenvalue weighted by Gasteiger charge is 2.21. The lowest BCUT2D eigenvalue weighted by molar-refractivity contribution is 0.451. The minimum atomic E-state index is -0.0376. The van der Waals surface area contributed by atoms with E-state index in [-0.39, 0.29) is 23.3 Å². The Hall–Kier alpha value is -3.54. The zero-order valence-corrected chi connectivity index (χ0v) is 17.5. The number of fused-ring (bicyclic) bond motifs is 1. The number of benzene rings is 2. The third kappa shape index (κ3) is 3.24. The van der Waals surface area contributed by atoms with Crippen molar-refractivity contribution >= 4 is 5.78 Å². The Balaban J connectivity index is 2.08. The Morgan fingerprint density at radius 2 is 1.50 bits per heavy atom. The molecule has 3 N–H and O–H groups in total. The number of aromatic hydroxyl groups is 3. The fourth-order valence-corrected chi connectivity index (χ4v) is 3.80. The molecular weight excluding hydrogens is 378 g/mol. The summed E-state index contributed by atoms with van der Waals surface area (Å²) in [7, 11) is 0. The van der Waals surface area contributed by atoms with Crippen LogP contribution in [0.5, 0.6) is 17.2 Å². The molecule has 4 rings (SSSR count). The molecule has 0 fully saturated rings. The second kappa shape index (κ2) is 7.37. The van der Waals surface area contributed by atoms with Gasteiger partial charge in [-0.1, -0.05) is 27.7 Å². The average Bonchev–Trinajstić information content (AvgIpc) is 3.16. The summed E-state index contributed by atoms with van der Waals surface area (Å²) >= 11 is 0. The lowest BCUT2D eigenvalue weighted by atomic mass is 9.88. The quantitative estimate of drug-likeness (QED) is 0.423. The minimum Gasteiger partial charge on any atom is -0.508 e. The molecule has 0 unspecified atom stereocenters. The van der Waals surface area contributed by atoms with Crippen molar-refractivity contribution in [1.29, 1.82) is 0 Å². The predicted octanol–water partition coefficient (Wildman–Crippen LogP) is 5.43. The van der Waals surface area contributed by atoms with Crippen molar-refractivity contribution in [2.45, 2.75) is 39.5 Å². The second-order valence-corrected chi connectivity index (χ2v) is 8.13. The van der Waals surface area contributed by atoms with Crippen LogP contribution in [0, 0.1) is 0 Å². The number of hydrogen-bond donors (Lipinski definition) is 3. The zero-order valence-electron chi connectivity index (χ0n) is 17.5. The van der Waals surface area contributed by atoms with Gasteiger partial charge in [0.05, 0.1) is 5.69 Å². The van der Waals surface area contributed by atoms with E-state index in [0.29, 0.717) is 22.8 Å². The van der Waals surface area contributed by atoms with E-state index in [2.05, 4.69) is 9.97 Å². The smallest absolute Gasteiger partial charge is 0.234 e. The van der Waals surface area contributed by atoms with Gasteiger partial charge in [0.25, 0.3) is 0 Å². The number of imidazole rings is 1. The van der Waals surface area contributed by atoms with Crippen molar-refractivity contribution in [1.82, 2.24) is 14.4 Å². The monoisotopic (exact) mass is 403 g/mol. The lowest BCUT2D eigenvalue weighted by Crippen LogP contribution is -2.01. The van der Waals surface area contributed by atoms with Gasteiger partial charge in [0, 0.05) is 35.8 Å². The van der Waals surface area contributed by atoms with Gasteiger partial charge >= 0.3 is 0 Å². The Kier molecular flexibility index (Phi) is 4.86. The summed E-state index contributed by atoms with van der Waals surface area (Å²) in [6, 6.07) is 8.49. The molecule has 2 aromatic heterocycles. The molecule has 2 heterocycles. The van der Waals surface area contributed by atoms with Gasteiger partial charge in [-0.05, 0) is 52.8 Å². The minimum absolute atomic E-state index is 0.0115. The van der Waals surface area contributed by atoms with E-state index in [4.69, 9.17) is 0 Å². The van der Waals surface area contributed by atoms with Crippen molar-refractivity contribution in [2.24, 2.45) is 0 Å². The van der Waals surface area contributed by atoms with Crippen LogP contribution in [0.4, 0.5) is 0 Å². The summed E-state index contributed by atoms with van der Waals surface area (Å²) in [5.41, 5.74) is 4.69. The van der Waals surface area contributed by atoms with Crippen LogP contribution in [-0.2, 0) is 0 Å². The fraction of sp³-hybridized carbons (Fsp3) is 0.250. The first-order chi connectivity index (χ1) is 14.3. The maximum Gasteiger partial charge on any atom is 0.234 e. The van der Waals surface area contributed by atoms with Gasteiger partial charge in [0.15, 0.2) is 0 Å². The Labute approximate surface area is 175 Å². The van der Waals surface area contributed by atoms with Crippen LogP contribution in [0.3, 0.4) is 0 Å². The number of aromatic nitrogens is 3. The van der Waals surface area contributed by atoms with Crippen LogP contribution >= 0.6 is 0 Å². The van der Waals surface area contributed by atoms with Crippen LogP contribution in [-0.4, -0.2) is 29.7 Å². The number of phenols is 3. The molecule has 0 bridgehead atoms. The Morgan fingerprint density at radius 3 is 2.10 bits per heavy atom. The number of phenolic OH excluding ortho intramolecular Hbond substituents is 3. The Morgan fingerprint density at radius 1 is 0.833 bits per heavy atom. The standard InChI is InChI=1S/C24H25N3O3/c1-13(2)18-9-15(10-19(14(3)4)23(18)30)20-12-26-24-25-7-8-27(24)22(20)17-6-5-16(28)11-21(17)29/h5-14,28-30H,1-4H3. The third-order valence-electron chi connectivity index (χ3n) is 5.39. The van der Waals surface area contributed by atoms with Gasteiger partial charge in [-0.3, -0.25) is 4.40 Å². The van der Waals surface area contributed by atoms with Crippen molar-refractivity contribution in [2.75, 3.05) is 0 Å². The molecular formula is C24H25N3O3. The molecule has 0 radical (unpaired) electrons. The molecule has 6 nitrogen and oxygen atoms in total. The van der Waals surface area contributed by atoms with E-state index < -0.39 is 0 Å². The van der Waals surface area contributed by atoms with E-state index in [1.165, 1.54) is 12.1 Å². The van der Waals surface area contributed by atoms with Gasteiger partial charge in [0.1, 0.15) is 17.2 Å². The fourth-order valence-electron chi connectivity index (χ4n) is 3.80. The highest BCUT2D eigenvalue weighted by molar-refractivity contribution is 5.85. The third-order valence-corrected chi connectivity index (χ3v) is 5.39. The summed E-state index contributed by atoms with van der Waals surface area (Å²) in [5.74, 6) is 1.06. The molecule has 0 aliphatic heterocycles. The van der Waals surface area contributed by atoms with E-state index in [1.54, 1.807) is 24.7 Å². The molecule has 0 amide bonds. The number of rotatable bonds is 4. The summed E-state index contributed by atoms with van der Waals surface area (Å²) < 4.78 is 1.82. The van der Waals surface area contributed by atoms with Gasteiger partial charge in [-0.25, -0.2) is 9.97 Å². The predicted molar refractivity (Wildman–Crippen MR) is 117 cm³/mol. The van der Waals surface area contributed by atoms with Gasteiger partial charge in [0.2, 0.25) is 5.78 Å². The highest BCUT2D eigenvalue weighted by Crippen LogP contribution is 2.42. The van der Waals surface area contributed by atoms with Crippen molar-refractivity contribution in [3.8, 4) is 39.6 Å². The summed E-state index contributed by atoms with van der Waals surface area (Å²) in [5, 5.41) is 31.1. The largest absolute Gasteiger partial charge is 0.508 e. The van der Waals surface area contributed by atoms with Crippen molar-refractivity contribution in [3.05, 3.63) is 60.0 Å². The second-order valence-electron chi connectivity index (χ2n) is 8.13. The first-order valence-electron chi connectivity index (χ1n) is 9.99. The van der Waals surface area contributed by atoms with E-state index >= 15 is 0 Å². The van der Waals surface area contributed by atoms with Crippen LogP contribution < -0.4 is 0 Å². The van der Waals surface area contributed by atoms with Crippen LogP contribution in [0.2, 0.25) is 0 Å². The van der Waals surface area contributed by atoms with Crippen molar-refractivity contribution in [3.63, 3.8) is 0 Å². The molecule has 0 aliphatic carbocycles. The van der Waals surface area contributed by atoms with E-state index in [0.717, 1.165) is 22.3 Å². The average molecular weight is 403 g/mol. The SMILES string of the molecule is CC(C)c1cc(-c2cnc3nccn3c2-c2ccc(O)cc2O)cc(C(C)C)c1O. The first kappa shape index (κ1) is 19.8. The van der Waals surface area contributed by atoms with Gasteiger partial charge in [-0.15, -0.1) is 0 Å². The Bertz CT molecular complexity index is 1210. The van der Waals surface area contributed by atoms with Crippen molar-refractivity contribution < 1.29 is 15.3 Å². The molecule has 0 spiro atoms. The molecule has 0 aliphatic rings. The molecule has 30 heavy (non-hydrogen) atoms. The molecule has 154 valence electrons. The molecule has 0 atom stereocenters. The lowest BCUT2D eigenvalue weighted by Gasteiger charge is -2.19. The molecule has 0 saturated carbocycles. The zero-order chi connectivity index (χ0) is 21.6. The first-order valence-corrected chi connectivity index (χ1v) is 9.99. The van der Waals surface area contributed by atoms with Crippen LogP contribution in [0.1, 0.15) is 50.7 Å². The normalized spacial score (nSPS) is 11.7. The van der Waals surface area contributed by atoms with Crippen LogP contribution in [0.25, 0.3) is 28.2 Å². The van der Waals surface area contributed by atoms with Gasteiger partial charge in [-0.2, -0.15) is 0 Å². The highest BCUT2D eigenvalue weighted by atomic mass is 16.3. The van der Waals surface area contributed by atoms with Gasteiger partial charge < -0.3 is 15.3 Å². The summed E-state index contributed by atoms with van der Waals surface area (Å²) in [6.07, 6.45) is 5.19. The molecule has 4 aromatic rings. The number of nitrogens with zero attached hydrogens (tertiary/aromatic N) is 3. The molecule has 0 saturated heterocycles. The number of hydrogen-bond acceptors (Lipinski definition) is 5. The topological polar surface area (TPSA) is 90.9 Å². The van der Waals surface area contributed by atoms with E-state index in [9.17, 15) is 15.3 Å².